The summed E-state index contributed by atoms with van der Waals surface area (Å²) in [5.41, 5.74) is 5.34. The molecule has 0 radical (unpaired) electrons. The SMILES string of the molecule is COc1ccc(C(OC(N)=O)c2ccccc2)c(F)c1F. The highest BCUT2D eigenvalue weighted by molar-refractivity contribution is 5.65. The van der Waals surface area contributed by atoms with E-state index < -0.39 is 23.8 Å². The van der Waals surface area contributed by atoms with E-state index in [0.29, 0.717) is 5.56 Å². The van der Waals surface area contributed by atoms with Crippen molar-refractivity contribution < 1.29 is 23.0 Å². The minimum Gasteiger partial charge on any atom is -0.494 e. The predicted molar refractivity (Wildman–Crippen MR) is 71.9 cm³/mol. The number of halogens is 2. The second-order valence-corrected chi connectivity index (χ2v) is 4.21. The van der Waals surface area contributed by atoms with Crippen molar-refractivity contribution in [1.29, 1.82) is 0 Å². The van der Waals surface area contributed by atoms with Gasteiger partial charge in [0, 0.05) is 5.56 Å². The number of primary amides is 1. The van der Waals surface area contributed by atoms with Crippen LogP contribution in [0.2, 0.25) is 0 Å². The maximum absolute atomic E-state index is 14.1. The molecule has 0 saturated carbocycles. The molecule has 0 aliphatic heterocycles. The molecule has 2 aromatic carbocycles. The number of rotatable bonds is 4. The molecule has 0 aromatic heterocycles. The van der Waals surface area contributed by atoms with E-state index in [4.69, 9.17) is 15.2 Å². The number of benzene rings is 2. The molecular weight excluding hydrogens is 280 g/mol. The second-order valence-electron chi connectivity index (χ2n) is 4.21. The highest BCUT2D eigenvalue weighted by Crippen LogP contribution is 2.32. The molecule has 21 heavy (non-hydrogen) atoms. The van der Waals surface area contributed by atoms with Crippen LogP contribution in [-0.2, 0) is 4.74 Å². The fourth-order valence-electron chi connectivity index (χ4n) is 1.96. The third kappa shape index (κ3) is 3.10. The fraction of sp³-hybridized carbons (Fsp3) is 0.133. The summed E-state index contributed by atoms with van der Waals surface area (Å²) in [4.78, 5) is 11.0. The minimum absolute atomic E-state index is 0.140. The van der Waals surface area contributed by atoms with Crippen LogP contribution in [0.25, 0.3) is 0 Å². The van der Waals surface area contributed by atoms with Gasteiger partial charge in [0.2, 0.25) is 5.82 Å². The number of hydrogen-bond donors (Lipinski definition) is 1. The molecule has 1 unspecified atom stereocenters. The van der Waals surface area contributed by atoms with Crippen molar-refractivity contribution in [3.05, 3.63) is 65.2 Å². The summed E-state index contributed by atoms with van der Waals surface area (Å²) in [7, 11) is 1.23. The number of nitrogens with two attached hydrogens (primary N) is 1. The van der Waals surface area contributed by atoms with Gasteiger partial charge < -0.3 is 15.2 Å². The van der Waals surface area contributed by atoms with Gasteiger partial charge in [-0.2, -0.15) is 4.39 Å². The van der Waals surface area contributed by atoms with Crippen LogP contribution in [-0.4, -0.2) is 13.2 Å². The van der Waals surface area contributed by atoms with Gasteiger partial charge in [-0.1, -0.05) is 30.3 Å². The molecule has 0 aliphatic rings. The molecular formula is C15H13F2NO3. The number of carbonyl (C=O) groups excluding carboxylic acids is 1. The largest absolute Gasteiger partial charge is 0.494 e. The molecule has 0 fully saturated rings. The normalized spacial score (nSPS) is 11.8. The van der Waals surface area contributed by atoms with E-state index in [9.17, 15) is 13.6 Å². The van der Waals surface area contributed by atoms with Crippen LogP contribution in [0.4, 0.5) is 13.6 Å². The number of carbonyl (C=O) groups is 1. The van der Waals surface area contributed by atoms with Gasteiger partial charge in [0.05, 0.1) is 7.11 Å². The van der Waals surface area contributed by atoms with Crippen molar-refractivity contribution in [2.75, 3.05) is 7.11 Å². The monoisotopic (exact) mass is 293 g/mol. The first-order chi connectivity index (χ1) is 10.0. The first-order valence-corrected chi connectivity index (χ1v) is 6.07. The van der Waals surface area contributed by atoms with Crippen molar-refractivity contribution in [3.8, 4) is 5.75 Å². The van der Waals surface area contributed by atoms with Crippen LogP contribution in [0, 0.1) is 11.6 Å². The van der Waals surface area contributed by atoms with Gasteiger partial charge in [0.1, 0.15) is 0 Å². The Morgan fingerprint density at radius 3 is 2.33 bits per heavy atom. The van der Waals surface area contributed by atoms with Crippen molar-refractivity contribution in [2.45, 2.75) is 6.10 Å². The van der Waals surface area contributed by atoms with Gasteiger partial charge in [-0.15, -0.1) is 0 Å². The van der Waals surface area contributed by atoms with Gasteiger partial charge in [-0.3, -0.25) is 0 Å². The molecule has 4 nitrogen and oxygen atoms in total. The molecule has 2 aromatic rings. The van der Waals surface area contributed by atoms with Gasteiger partial charge in [-0.25, -0.2) is 9.18 Å². The van der Waals surface area contributed by atoms with Gasteiger partial charge in [0.25, 0.3) is 0 Å². The van der Waals surface area contributed by atoms with E-state index >= 15 is 0 Å². The van der Waals surface area contributed by atoms with Gasteiger partial charge in [-0.05, 0) is 17.7 Å². The van der Waals surface area contributed by atoms with Crippen molar-refractivity contribution in [3.63, 3.8) is 0 Å². The Kier molecular flexibility index (Phi) is 4.37. The van der Waals surface area contributed by atoms with Crippen molar-refractivity contribution >= 4 is 6.09 Å². The molecule has 0 bridgehead atoms. The van der Waals surface area contributed by atoms with Crippen molar-refractivity contribution in [2.24, 2.45) is 5.73 Å². The van der Waals surface area contributed by atoms with Crippen LogP contribution in [0.15, 0.2) is 42.5 Å². The average Bonchev–Trinajstić information content (AvgIpc) is 2.49. The third-order valence-electron chi connectivity index (χ3n) is 2.92. The third-order valence-corrected chi connectivity index (χ3v) is 2.92. The lowest BCUT2D eigenvalue weighted by atomic mass is 10.0. The van der Waals surface area contributed by atoms with Crippen LogP contribution in [0.3, 0.4) is 0 Å². The molecule has 110 valence electrons. The van der Waals surface area contributed by atoms with E-state index in [0.717, 1.165) is 0 Å². The Hall–Kier alpha value is -2.63. The number of methoxy groups -OCH3 is 1. The quantitative estimate of drug-likeness (QED) is 0.942. The molecule has 0 spiro atoms. The van der Waals surface area contributed by atoms with Crippen LogP contribution < -0.4 is 10.5 Å². The summed E-state index contributed by atoms with van der Waals surface area (Å²) < 4.78 is 37.6. The first-order valence-electron chi connectivity index (χ1n) is 6.07. The topological polar surface area (TPSA) is 61.6 Å². The summed E-state index contributed by atoms with van der Waals surface area (Å²) in [5, 5.41) is 0. The van der Waals surface area contributed by atoms with E-state index in [1.54, 1.807) is 30.3 Å². The second kappa shape index (κ2) is 6.21. The van der Waals surface area contributed by atoms with E-state index in [2.05, 4.69) is 0 Å². The molecule has 0 aliphatic carbocycles. The molecule has 2 N–H and O–H groups in total. The van der Waals surface area contributed by atoms with Crippen LogP contribution in [0.5, 0.6) is 5.75 Å². The zero-order valence-electron chi connectivity index (χ0n) is 11.2. The van der Waals surface area contributed by atoms with Crippen LogP contribution >= 0.6 is 0 Å². The molecule has 6 heteroatoms. The van der Waals surface area contributed by atoms with E-state index in [-0.39, 0.29) is 11.3 Å². The summed E-state index contributed by atoms with van der Waals surface area (Å²) in [6.07, 6.45) is -2.22. The fourth-order valence-corrected chi connectivity index (χ4v) is 1.96. The zero-order chi connectivity index (χ0) is 15.4. The molecule has 1 amide bonds. The minimum atomic E-state index is -1.15. The lowest BCUT2D eigenvalue weighted by molar-refractivity contribution is 0.124. The van der Waals surface area contributed by atoms with Crippen molar-refractivity contribution in [1.82, 2.24) is 0 Å². The lowest BCUT2D eigenvalue weighted by Crippen LogP contribution is -2.19. The van der Waals surface area contributed by atoms with E-state index in [1.807, 2.05) is 0 Å². The highest BCUT2D eigenvalue weighted by Gasteiger charge is 2.25. The Balaban J connectivity index is 2.52. The first kappa shape index (κ1) is 14.8. The van der Waals surface area contributed by atoms with Gasteiger partial charge >= 0.3 is 6.09 Å². The maximum Gasteiger partial charge on any atom is 0.405 e. The predicted octanol–water partition coefficient (Wildman–Crippen LogP) is 3.16. The highest BCUT2D eigenvalue weighted by atomic mass is 19.2. The summed E-state index contributed by atoms with van der Waals surface area (Å²) in [5.74, 6) is -2.53. The van der Waals surface area contributed by atoms with Gasteiger partial charge in [0.15, 0.2) is 17.7 Å². The molecule has 1 atom stereocenters. The average molecular weight is 293 g/mol. The molecule has 0 saturated heterocycles. The number of hydrogen-bond acceptors (Lipinski definition) is 3. The molecule has 2 rings (SSSR count). The summed E-state index contributed by atoms with van der Waals surface area (Å²) in [6.45, 7) is 0. The Labute approximate surface area is 120 Å². The zero-order valence-corrected chi connectivity index (χ0v) is 11.2. The smallest absolute Gasteiger partial charge is 0.405 e. The van der Waals surface area contributed by atoms with Crippen LogP contribution in [0.1, 0.15) is 17.2 Å². The summed E-state index contributed by atoms with van der Waals surface area (Å²) in [6, 6.07) is 10.9. The maximum atomic E-state index is 14.1. The standard InChI is InChI=1S/C15H13F2NO3/c1-20-11-8-7-10(12(16)13(11)17)14(21-15(18)19)9-5-3-2-4-6-9/h2-8,14H,1H3,(H2,18,19). The number of ether oxygens (including phenoxy) is 2. The Morgan fingerprint density at radius 1 is 1.10 bits per heavy atom. The molecule has 0 heterocycles. The Bertz CT molecular complexity index is 647. The summed E-state index contributed by atoms with van der Waals surface area (Å²) >= 11 is 0. The lowest BCUT2D eigenvalue weighted by Gasteiger charge is -2.19. The Morgan fingerprint density at radius 2 is 1.76 bits per heavy atom. The van der Waals surface area contributed by atoms with E-state index in [1.165, 1.54) is 19.2 Å². The number of amides is 1.